The largest absolute Gasteiger partial charge is 0.489 e. The number of aliphatic carboxylic acids is 1. The summed E-state index contributed by atoms with van der Waals surface area (Å²) < 4.78 is 5.79. The van der Waals surface area contributed by atoms with Gasteiger partial charge in [0.15, 0.2) is 0 Å². The van der Waals surface area contributed by atoms with Crippen molar-refractivity contribution in [3.05, 3.63) is 28.2 Å². The number of carboxylic acids is 1. The quantitative estimate of drug-likeness (QED) is 0.797. The number of benzene rings is 1. The predicted octanol–water partition coefficient (Wildman–Crippen LogP) is 4.11. The topological polar surface area (TPSA) is 66.8 Å². The summed E-state index contributed by atoms with van der Waals surface area (Å²) in [5, 5.41) is 9.92. The summed E-state index contributed by atoms with van der Waals surface area (Å²) in [4.78, 5) is 25.2. The minimum absolute atomic E-state index is 0.0495. The molecule has 1 aliphatic rings. The molecular formula is C18H23Cl2NO4. The highest BCUT2D eigenvalue weighted by molar-refractivity contribution is 6.42. The van der Waals surface area contributed by atoms with Gasteiger partial charge in [-0.05, 0) is 44.7 Å². The van der Waals surface area contributed by atoms with Crippen molar-refractivity contribution in [1.29, 1.82) is 0 Å². The summed E-state index contributed by atoms with van der Waals surface area (Å²) in [5.41, 5.74) is 0. The molecule has 0 spiro atoms. The molecule has 1 unspecified atom stereocenters. The lowest BCUT2D eigenvalue weighted by atomic mass is 9.81. The summed E-state index contributed by atoms with van der Waals surface area (Å²) in [6.45, 7) is 2.32. The molecule has 1 saturated carbocycles. The average Bonchev–Trinajstić information content (AvgIpc) is 2.57. The molecule has 1 fully saturated rings. The minimum atomic E-state index is -0.761. The Hall–Kier alpha value is -1.46. The van der Waals surface area contributed by atoms with Crippen LogP contribution in [0.15, 0.2) is 18.2 Å². The fraction of sp³-hybridized carbons (Fsp3) is 0.556. The van der Waals surface area contributed by atoms with Crippen molar-refractivity contribution >= 4 is 35.1 Å². The van der Waals surface area contributed by atoms with Crippen molar-refractivity contribution in [2.24, 2.45) is 11.8 Å². The van der Waals surface area contributed by atoms with Crippen molar-refractivity contribution in [1.82, 2.24) is 4.90 Å². The van der Waals surface area contributed by atoms with Gasteiger partial charge in [-0.15, -0.1) is 0 Å². The number of hydrogen-bond donors (Lipinski definition) is 1. The predicted molar refractivity (Wildman–Crippen MR) is 97.3 cm³/mol. The Morgan fingerprint density at radius 1 is 1.20 bits per heavy atom. The Kier molecular flexibility index (Phi) is 6.96. The number of halogens is 2. The number of carboxylic acid groups (broad SMARTS) is 1. The van der Waals surface area contributed by atoms with Crippen molar-refractivity contribution < 1.29 is 19.4 Å². The monoisotopic (exact) mass is 387 g/mol. The maximum atomic E-state index is 12.5. The summed E-state index contributed by atoms with van der Waals surface area (Å²) in [6.07, 6.45) is 2.18. The standard InChI is InChI=1S/C18H23Cl2NO4/c1-11(25-14-7-8-15(19)16(20)9-14)10-21(2)17(22)12-3-5-13(6-4-12)18(23)24/h7-9,11-13H,3-6,10H2,1-2H3,(H,23,24). The van der Waals surface area contributed by atoms with E-state index in [1.165, 1.54) is 0 Å². The van der Waals surface area contributed by atoms with Crippen molar-refractivity contribution in [3.8, 4) is 5.75 Å². The smallest absolute Gasteiger partial charge is 0.306 e. The second-order valence-corrected chi connectivity index (χ2v) is 7.42. The van der Waals surface area contributed by atoms with E-state index in [0.29, 0.717) is 48.0 Å². The molecule has 0 bridgehead atoms. The molecule has 2 rings (SSSR count). The van der Waals surface area contributed by atoms with Crippen LogP contribution in [0.25, 0.3) is 0 Å². The van der Waals surface area contributed by atoms with Crippen LogP contribution in [-0.2, 0) is 9.59 Å². The zero-order valence-electron chi connectivity index (χ0n) is 14.4. The van der Waals surface area contributed by atoms with Crippen LogP contribution >= 0.6 is 23.2 Å². The first-order chi connectivity index (χ1) is 11.8. The van der Waals surface area contributed by atoms with Gasteiger partial charge in [0.2, 0.25) is 5.91 Å². The van der Waals surface area contributed by atoms with Crippen LogP contribution in [0.2, 0.25) is 10.0 Å². The molecule has 1 aromatic rings. The minimum Gasteiger partial charge on any atom is -0.489 e. The van der Waals surface area contributed by atoms with E-state index in [1.807, 2.05) is 6.92 Å². The maximum Gasteiger partial charge on any atom is 0.306 e. The Balaban J connectivity index is 1.84. The molecule has 1 aromatic carbocycles. The van der Waals surface area contributed by atoms with E-state index in [9.17, 15) is 9.59 Å². The van der Waals surface area contributed by atoms with Crippen molar-refractivity contribution in [2.45, 2.75) is 38.7 Å². The molecule has 25 heavy (non-hydrogen) atoms. The first kappa shape index (κ1) is 19.9. The van der Waals surface area contributed by atoms with Crippen molar-refractivity contribution in [3.63, 3.8) is 0 Å². The highest BCUT2D eigenvalue weighted by Gasteiger charge is 2.31. The van der Waals surface area contributed by atoms with Crippen LogP contribution in [-0.4, -0.2) is 41.6 Å². The van der Waals surface area contributed by atoms with Crippen LogP contribution in [0.1, 0.15) is 32.6 Å². The van der Waals surface area contributed by atoms with Gasteiger partial charge in [0.1, 0.15) is 11.9 Å². The van der Waals surface area contributed by atoms with Gasteiger partial charge in [0.05, 0.1) is 22.5 Å². The first-order valence-corrected chi connectivity index (χ1v) is 9.13. The highest BCUT2D eigenvalue weighted by Crippen LogP contribution is 2.30. The van der Waals surface area contributed by atoms with Crippen LogP contribution in [0.5, 0.6) is 5.75 Å². The van der Waals surface area contributed by atoms with E-state index in [4.69, 9.17) is 33.0 Å². The number of nitrogens with zero attached hydrogens (tertiary/aromatic N) is 1. The molecular weight excluding hydrogens is 365 g/mol. The molecule has 1 amide bonds. The maximum absolute atomic E-state index is 12.5. The summed E-state index contributed by atoms with van der Waals surface area (Å²) in [5.74, 6) is -0.523. The van der Waals surface area contributed by atoms with Gasteiger partial charge in [-0.3, -0.25) is 9.59 Å². The van der Waals surface area contributed by atoms with Crippen LogP contribution in [0.3, 0.4) is 0 Å². The van der Waals surface area contributed by atoms with Crippen molar-refractivity contribution in [2.75, 3.05) is 13.6 Å². The molecule has 0 aliphatic heterocycles. The first-order valence-electron chi connectivity index (χ1n) is 8.37. The van der Waals surface area contributed by atoms with E-state index in [-0.39, 0.29) is 23.8 Å². The number of ether oxygens (including phenoxy) is 1. The molecule has 7 heteroatoms. The summed E-state index contributed by atoms with van der Waals surface area (Å²) in [6, 6.07) is 5.05. The number of rotatable bonds is 6. The van der Waals surface area contributed by atoms with Gasteiger partial charge in [-0.2, -0.15) is 0 Å². The zero-order valence-corrected chi connectivity index (χ0v) is 15.9. The van der Waals surface area contributed by atoms with Gasteiger partial charge in [-0.25, -0.2) is 0 Å². The van der Waals surface area contributed by atoms with E-state index in [0.717, 1.165) is 0 Å². The van der Waals surface area contributed by atoms with Gasteiger partial charge in [0.25, 0.3) is 0 Å². The molecule has 1 aliphatic carbocycles. The third-order valence-corrected chi connectivity index (χ3v) is 5.30. The fourth-order valence-corrected chi connectivity index (χ4v) is 3.48. The Labute approximate surface area is 157 Å². The van der Waals surface area contributed by atoms with Crippen LogP contribution in [0.4, 0.5) is 0 Å². The Morgan fingerprint density at radius 2 is 1.80 bits per heavy atom. The lowest BCUT2D eigenvalue weighted by molar-refractivity contribution is -0.145. The molecule has 138 valence electrons. The second-order valence-electron chi connectivity index (χ2n) is 6.61. The lowest BCUT2D eigenvalue weighted by Crippen LogP contribution is -2.40. The molecule has 1 atom stereocenters. The SMILES string of the molecule is CC(CN(C)C(=O)C1CCC(C(=O)O)CC1)Oc1ccc(Cl)c(Cl)c1. The van der Waals surface area contributed by atoms with Crippen LogP contribution < -0.4 is 4.74 Å². The summed E-state index contributed by atoms with van der Waals surface area (Å²) in [7, 11) is 1.75. The molecule has 0 heterocycles. The van der Waals surface area contributed by atoms with E-state index >= 15 is 0 Å². The zero-order chi connectivity index (χ0) is 18.6. The molecule has 1 N–H and O–H groups in total. The second kappa shape index (κ2) is 8.77. The Bertz CT molecular complexity index is 630. The Morgan fingerprint density at radius 3 is 2.36 bits per heavy atom. The number of carbonyl (C=O) groups excluding carboxylic acids is 1. The van der Waals surface area contributed by atoms with Gasteiger partial charge in [-0.1, -0.05) is 23.2 Å². The van der Waals surface area contributed by atoms with Gasteiger partial charge in [0, 0.05) is 19.0 Å². The molecule has 5 nitrogen and oxygen atoms in total. The third-order valence-electron chi connectivity index (χ3n) is 4.56. The average molecular weight is 388 g/mol. The van der Waals surface area contributed by atoms with E-state index < -0.39 is 5.97 Å². The van der Waals surface area contributed by atoms with E-state index in [2.05, 4.69) is 0 Å². The van der Waals surface area contributed by atoms with E-state index in [1.54, 1.807) is 30.1 Å². The number of likely N-dealkylation sites (N-methyl/N-ethyl adjacent to an activating group) is 1. The molecule has 0 radical (unpaired) electrons. The normalized spacial score (nSPS) is 21.4. The third kappa shape index (κ3) is 5.51. The lowest BCUT2D eigenvalue weighted by Gasteiger charge is -2.30. The van der Waals surface area contributed by atoms with Gasteiger partial charge < -0.3 is 14.7 Å². The number of carbonyl (C=O) groups is 2. The molecule has 0 aromatic heterocycles. The summed E-state index contributed by atoms with van der Waals surface area (Å²) >= 11 is 11.9. The fourth-order valence-electron chi connectivity index (χ4n) is 3.19. The number of amides is 1. The van der Waals surface area contributed by atoms with Gasteiger partial charge >= 0.3 is 5.97 Å². The number of hydrogen-bond acceptors (Lipinski definition) is 3. The van der Waals surface area contributed by atoms with Crippen LogP contribution in [0, 0.1) is 11.8 Å². The molecule has 0 saturated heterocycles. The highest BCUT2D eigenvalue weighted by atomic mass is 35.5.